The van der Waals surface area contributed by atoms with Crippen LogP contribution in [0.25, 0.3) is 11.0 Å². The van der Waals surface area contributed by atoms with Crippen LogP contribution in [0.4, 0.5) is 4.39 Å². The topological polar surface area (TPSA) is 29.9 Å². The number of fused-ring (bicyclic) bond motifs is 1. The molecule has 1 aliphatic heterocycles. The van der Waals surface area contributed by atoms with Gasteiger partial charge in [0.2, 0.25) is 0 Å². The van der Waals surface area contributed by atoms with Crippen molar-refractivity contribution in [3.8, 4) is 0 Å². The summed E-state index contributed by atoms with van der Waals surface area (Å²) in [5.41, 5.74) is 1.82. The zero-order chi connectivity index (χ0) is 14.1. The minimum Gasteiger partial charge on any atom is -0.327 e. The Balaban J connectivity index is 2.10. The molecule has 2 aromatic rings. The summed E-state index contributed by atoms with van der Waals surface area (Å²) >= 11 is 0. The maximum absolute atomic E-state index is 13.4. The number of hydrogen-bond donors (Lipinski definition) is 1. The van der Waals surface area contributed by atoms with Crippen molar-refractivity contribution in [2.75, 3.05) is 6.54 Å². The monoisotopic (exact) mass is 275 g/mol. The van der Waals surface area contributed by atoms with E-state index < -0.39 is 0 Å². The van der Waals surface area contributed by atoms with Gasteiger partial charge in [-0.1, -0.05) is 13.8 Å². The summed E-state index contributed by atoms with van der Waals surface area (Å²) in [6.45, 7) is 6.41. The summed E-state index contributed by atoms with van der Waals surface area (Å²) < 4.78 is 15.7. The molecule has 2 atom stereocenters. The number of benzene rings is 1. The van der Waals surface area contributed by atoms with Gasteiger partial charge in [0.05, 0.1) is 17.1 Å². The summed E-state index contributed by atoms with van der Waals surface area (Å²) in [6, 6.07) is 5.20. The van der Waals surface area contributed by atoms with Gasteiger partial charge in [-0.15, -0.1) is 0 Å². The number of aryl methyl sites for hydroxylation is 1. The van der Waals surface area contributed by atoms with Crippen LogP contribution in [-0.2, 0) is 6.54 Å². The van der Waals surface area contributed by atoms with Gasteiger partial charge in [-0.2, -0.15) is 0 Å². The van der Waals surface area contributed by atoms with E-state index in [2.05, 4.69) is 23.7 Å². The Bertz CT molecular complexity index is 605. The Hall–Kier alpha value is -1.42. The zero-order valence-electron chi connectivity index (χ0n) is 12.2. The van der Waals surface area contributed by atoms with Crippen molar-refractivity contribution >= 4 is 11.0 Å². The molecule has 108 valence electrons. The maximum Gasteiger partial charge on any atom is 0.127 e. The second-order valence-corrected chi connectivity index (χ2v) is 5.81. The first-order valence-corrected chi connectivity index (χ1v) is 7.59. The molecule has 3 rings (SSSR count). The van der Waals surface area contributed by atoms with Crippen LogP contribution in [0, 0.1) is 11.7 Å². The molecule has 2 unspecified atom stereocenters. The molecular weight excluding hydrogens is 253 g/mol. The fourth-order valence-electron chi connectivity index (χ4n) is 3.21. The van der Waals surface area contributed by atoms with Crippen molar-refractivity contribution in [3.63, 3.8) is 0 Å². The molecule has 3 nitrogen and oxygen atoms in total. The lowest BCUT2D eigenvalue weighted by Crippen LogP contribution is -2.34. The van der Waals surface area contributed by atoms with Gasteiger partial charge in [0.15, 0.2) is 0 Å². The van der Waals surface area contributed by atoms with E-state index >= 15 is 0 Å². The molecule has 0 spiro atoms. The molecule has 0 radical (unpaired) electrons. The lowest BCUT2D eigenvalue weighted by Gasteiger charge is -2.30. The van der Waals surface area contributed by atoms with Crippen LogP contribution in [-0.4, -0.2) is 16.1 Å². The lowest BCUT2D eigenvalue weighted by atomic mass is 9.92. The molecule has 2 heterocycles. The predicted octanol–water partition coefficient (Wildman–Crippen LogP) is 3.65. The van der Waals surface area contributed by atoms with Crippen LogP contribution in [0.5, 0.6) is 0 Å². The van der Waals surface area contributed by atoms with Crippen molar-refractivity contribution in [2.45, 2.75) is 45.7 Å². The first-order chi connectivity index (χ1) is 9.70. The maximum atomic E-state index is 13.4. The molecule has 0 saturated carbocycles. The molecule has 0 aliphatic carbocycles. The fraction of sp³-hybridized carbons (Fsp3) is 0.562. The smallest absolute Gasteiger partial charge is 0.127 e. The number of imidazole rings is 1. The Labute approximate surface area is 119 Å². The number of hydrogen-bond acceptors (Lipinski definition) is 2. The number of nitrogens with zero attached hydrogens (tertiary/aromatic N) is 2. The number of aromatic nitrogens is 2. The van der Waals surface area contributed by atoms with Gasteiger partial charge in [-0.3, -0.25) is 0 Å². The molecule has 1 N–H and O–H groups in total. The van der Waals surface area contributed by atoms with Gasteiger partial charge in [-0.25, -0.2) is 9.37 Å². The minimum atomic E-state index is -0.213. The number of halogens is 1. The van der Waals surface area contributed by atoms with E-state index in [0.717, 1.165) is 36.4 Å². The molecule has 1 fully saturated rings. The largest absolute Gasteiger partial charge is 0.327 e. The first kappa shape index (κ1) is 13.6. The van der Waals surface area contributed by atoms with Crippen molar-refractivity contribution in [2.24, 2.45) is 5.92 Å². The molecule has 20 heavy (non-hydrogen) atoms. The van der Waals surface area contributed by atoms with Crippen molar-refractivity contribution in [1.29, 1.82) is 0 Å². The molecule has 4 heteroatoms. The summed E-state index contributed by atoms with van der Waals surface area (Å²) in [5.74, 6) is 1.43. The third kappa shape index (κ3) is 2.33. The third-order valence-electron chi connectivity index (χ3n) is 4.23. The van der Waals surface area contributed by atoms with E-state index in [1.165, 1.54) is 18.9 Å². The molecular formula is C16H22FN3. The van der Waals surface area contributed by atoms with E-state index in [9.17, 15) is 4.39 Å². The molecule has 0 amide bonds. The van der Waals surface area contributed by atoms with Crippen LogP contribution in [0.2, 0.25) is 0 Å². The highest BCUT2D eigenvalue weighted by Crippen LogP contribution is 2.31. The Morgan fingerprint density at radius 1 is 1.45 bits per heavy atom. The Morgan fingerprint density at radius 3 is 3.05 bits per heavy atom. The van der Waals surface area contributed by atoms with Gasteiger partial charge in [0.1, 0.15) is 11.6 Å². The average Bonchev–Trinajstić information content (AvgIpc) is 2.77. The Kier molecular flexibility index (Phi) is 3.74. The molecule has 1 aromatic heterocycles. The van der Waals surface area contributed by atoms with E-state index in [-0.39, 0.29) is 11.9 Å². The SMILES string of the molecule is CCCn1c(C2NCCCC2C)nc2cc(F)ccc21. The average molecular weight is 275 g/mol. The highest BCUT2D eigenvalue weighted by atomic mass is 19.1. The summed E-state index contributed by atoms with van der Waals surface area (Å²) in [6.07, 6.45) is 3.50. The third-order valence-corrected chi connectivity index (χ3v) is 4.23. The van der Waals surface area contributed by atoms with Gasteiger partial charge < -0.3 is 9.88 Å². The quantitative estimate of drug-likeness (QED) is 0.926. The first-order valence-electron chi connectivity index (χ1n) is 7.59. The van der Waals surface area contributed by atoms with Gasteiger partial charge in [0, 0.05) is 12.6 Å². The minimum absolute atomic E-state index is 0.213. The van der Waals surface area contributed by atoms with E-state index in [4.69, 9.17) is 4.98 Å². The standard InChI is InChI=1S/C16H22FN3/c1-3-9-20-14-7-6-12(17)10-13(14)19-16(20)15-11(2)5-4-8-18-15/h6-7,10-11,15,18H,3-5,8-9H2,1-2H3. The van der Waals surface area contributed by atoms with Crippen molar-refractivity contribution < 1.29 is 4.39 Å². The molecule has 1 saturated heterocycles. The van der Waals surface area contributed by atoms with Crippen molar-refractivity contribution in [1.82, 2.24) is 14.9 Å². The van der Waals surface area contributed by atoms with E-state index in [1.807, 2.05) is 6.07 Å². The zero-order valence-corrected chi connectivity index (χ0v) is 12.2. The lowest BCUT2D eigenvalue weighted by molar-refractivity contribution is 0.288. The predicted molar refractivity (Wildman–Crippen MR) is 79.1 cm³/mol. The molecule has 1 aliphatic rings. The second kappa shape index (κ2) is 5.52. The summed E-state index contributed by atoms with van der Waals surface area (Å²) in [7, 11) is 0. The van der Waals surface area contributed by atoms with Gasteiger partial charge >= 0.3 is 0 Å². The molecule has 0 bridgehead atoms. The number of rotatable bonds is 3. The van der Waals surface area contributed by atoms with Crippen LogP contribution in [0.3, 0.4) is 0 Å². The van der Waals surface area contributed by atoms with Crippen LogP contribution >= 0.6 is 0 Å². The second-order valence-electron chi connectivity index (χ2n) is 5.81. The van der Waals surface area contributed by atoms with E-state index in [1.54, 1.807) is 6.07 Å². The highest BCUT2D eigenvalue weighted by Gasteiger charge is 2.27. The highest BCUT2D eigenvalue weighted by molar-refractivity contribution is 5.76. The van der Waals surface area contributed by atoms with Crippen molar-refractivity contribution in [3.05, 3.63) is 29.8 Å². The van der Waals surface area contributed by atoms with E-state index in [0.29, 0.717) is 5.92 Å². The Morgan fingerprint density at radius 2 is 2.30 bits per heavy atom. The number of piperidine rings is 1. The van der Waals surface area contributed by atoms with Crippen LogP contribution < -0.4 is 5.32 Å². The fourth-order valence-corrected chi connectivity index (χ4v) is 3.21. The number of nitrogens with one attached hydrogen (secondary N) is 1. The normalized spacial score (nSPS) is 23.4. The van der Waals surface area contributed by atoms with Gasteiger partial charge in [-0.05, 0) is 43.9 Å². The molecule has 1 aromatic carbocycles. The van der Waals surface area contributed by atoms with Gasteiger partial charge in [0.25, 0.3) is 0 Å². The summed E-state index contributed by atoms with van der Waals surface area (Å²) in [4.78, 5) is 4.73. The van der Waals surface area contributed by atoms with Crippen LogP contribution in [0.1, 0.15) is 45.0 Å². The van der Waals surface area contributed by atoms with Crippen LogP contribution in [0.15, 0.2) is 18.2 Å². The summed E-state index contributed by atoms with van der Waals surface area (Å²) in [5, 5.41) is 3.58.